The van der Waals surface area contributed by atoms with Crippen LogP contribution in [0.15, 0.2) is 64.4 Å². The van der Waals surface area contributed by atoms with Crippen LogP contribution in [0, 0.1) is 0 Å². The molecule has 3 heterocycles. The smallest absolute Gasteiger partial charge is 0.264 e. The van der Waals surface area contributed by atoms with Gasteiger partial charge in [-0.2, -0.15) is 0 Å². The molecule has 2 amide bonds. The Hall–Kier alpha value is -3.12. The van der Waals surface area contributed by atoms with E-state index in [1.54, 1.807) is 4.90 Å². The molecule has 2 aromatic carbocycles. The van der Waals surface area contributed by atoms with Gasteiger partial charge in [0.2, 0.25) is 5.91 Å². The molecule has 1 aliphatic rings. The summed E-state index contributed by atoms with van der Waals surface area (Å²) in [5.41, 5.74) is 2.32. The molecule has 1 aliphatic heterocycles. The highest BCUT2D eigenvalue weighted by Gasteiger charge is 2.33. The zero-order valence-electron chi connectivity index (χ0n) is 15.8. The van der Waals surface area contributed by atoms with E-state index in [1.807, 2.05) is 60.0 Å². The molecule has 0 aliphatic carbocycles. The number of piperidine rings is 1. The average molecular weight is 404 g/mol. The van der Waals surface area contributed by atoms with Crippen LogP contribution in [-0.2, 0) is 4.79 Å². The topological polar surface area (TPSA) is 62.6 Å². The Bertz CT molecular complexity index is 1200. The van der Waals surface area contributed by atoms with Crippen LogP contribution in [0.4, 0.5) is 5.69 Å². The molecular formula is C23H20N2O3S. The van der Waals surface area contributed by atoms with E-state index >= 15 is 0 Å². The summed E-state index contributed by atoms with van der Waals surface area (Å²) in [6.45, 7) is 0.611. The average Bonchev–Trinajstić information content (AvgIpc) is 3.41. The van der Waals surface area contributed by atoms with E-state index < -0.39 is 6.04 Å². The Balaban J connectivity index is 1.41. The summed E-state index contributed by atoms with van der Waals surface area (Å²) in [7, 11) is 0. The van der Waals surface area contributed by atoms with Crippen LogP contribution in [0.1, 0.15) is 28.9 Å². The lowest BCUT2D eigenvalue weighted by molar-refractivity contribution is -0.121. The number of anilines is 1. The minimum absolute atomic E-state index is 0.0591. The lowest BCUT2D eigenvalue weighted by atomic mass is 10.0. The van der Waals surface area contributed by atoms with E-state index in [9.17, 15) is 9.59 Å². The van der Waals surface area contributed by atoms with E-state index in [1.165, 1.54) is 11.3 Å². The summed E-state index contributed by atoms with van der Waals surface area (Å²) in [6.07, 6.45) is 2.55. The maximum atomic E-state index is 13.1. The van der Waals surface area contributed by atoms with E-state index in [2.05, 4.69) is 5.32 Å². The van der Waals surface area contributed by atoms with Gasteiger partial charge in [0, 0.05) is 23.0 Å². The van der Waals surface area contributed by atoms with Crippen LogP contribution in [0.5, 0.6) is 0 Å². The van der Waals surface area contributed by atoms with Gasteiger partial charge in [-0.05, 0) is 55.0 Å². The predicted molar refractivity (Wildman–Crippen MR) is 115 cm³/mol. The molecule has 2 aromatic heterocycles. The summed E-state index contributed by atoms with van der Waals surface area (Å²) >= 11 is 1.41. The van der Waals surface area contributed by atoms with Crippen molar-refractivity contribution in [2.24, 2.45) is 0 Å². The van der Waals surface area contributed by atoms with Gasteiger partial charge in [-0.3, -0.25) is 9.59 Å². The molecule has 0 spiro atoms. The first-order valence-corrected chi connectivity index (χ1v) is 10.7. The molecule has 4 aromatic rings. The highest BCUT2D eigenvalue weighted by atomic mass is 32.1. The number of nitrogens with zero attached hydrogens (tertiary/aromatic N) is 1. The fraction of sp³-hybridized carbons (Fsp3) is 0.217. The van der Waals surface area contributed by atoms with E-state index in [-0.39, 0.29) is 11.8 Å². The monoisotopic (exact) mass is 404 g/mol. The second kappa shape index (κ2) is 7.37. The quantitative estimate of drug-likeness (QED) is 0.505. The third kappa shape index (κ3) is 3.29. The number of fused-ring (bicyclic) bond motifs is 3. The van der Waals surface area contributed by atoms with Crippen molar-refractivity contribution in [2.75, 3.05) is 11.9 Å². The van der Waals surface area contributed by atoms with Crippen molar-refractivity contribution < 1.29 is 14.0 Å². The van der Waals surface area contributed by atoms with Gasteiger partial charge in [0.15, 0.2) is 0 Å². The molecule has 1 atom stereocenters. The highest BCUT2D eigenvalue weighted by Crippen LogP contribution is 2.31. The van der Waals surface area contributed by atoms with Crippen molar-refractivity contribution >= 4 is 50.8 Å². The summed E-state index contributed by atoms with van der Waals surface area (Å²) in [5.74, 6) is -0.196. The molecule has 0 radical (unpaired) electrons. The van der Waals surface area contributed by atoms with Gasteiger partial charge >= 0.3 is 0 Å². The van der Waals surface area contributed by atoms with Crippen molar-refractivity contribution in [3.63, 3.8) is 0 Å². The number of likely N-dealkylation sites (tertiary alicyclic amines) is 1. The molecule has 5 nitrogen and oxygen atoms in total. The second-order valence-electron chi connectivity index (χ2n) is 7.29. The predicted octanol–water partition coefficient (Wildman–Crippen LogP) is 5.28. The summed E-state index contributed by atoms with van der Waals surface area (Å²) in [6, 6.07) is 16.7. The third-order valence-corrected chi connectivity index (χ3v) is 6.30. The summed E-state index contributed by atoms with van der Waals surface area (Å²) in [4.78, 5) is 28.3. The van der Waals surface area contributed by atoms with Crippen molar-refractivity contribution in [1.29, 1.82) is 0 Å². The van der Waals surface area contributed by atoms with Crippen LogP contribution < -0.4 is 5.32 Å². The normalized spacial score (nSPS) is 17.0. The first-order chi connectivity index (χ1) is 14.2. The van der Waals surface area contributed by atoms with Gasteiger partial charge in [-0.15, -0.1) is 11.3 Å². The van der Waals surface area contributed by atoms with Gasteiger partial charge in [-0.1, -0.05) is 24.3 Å². The molecule has 6 heteroatoms. The van der Waals surface area contributed by atoms with E-state index in [4.69, 9.17) is 4.42 Å². The standard InChI is InChI=1S/C23H20N2O3S/c26-22(18-7-3-4-12-25(18)23(27)21-9-5-13-29-21)24-15-10-11-20-17(14-15)16-6-1-2-8-19(16)28-20/h1-2,5-6,8-11,13-14,18H,3-4,7,12H2,(H,24,26). The molecule has 146 valence electrons. The number of rotatable bonds is 3. The van der Waals surface area contributed by atoms with Crippen LogP contribution in [0.3, 0.4) is 0 Å². The van der Waals surface area contributed by atoms with Crippen LogP contribution in [0.2, 0.25) is 0 Å². The molecule has 0 saturated carbocycles. The van der Waals surface area contributed by atoms with Gasteiger partial charge in [-0.25, -0.2) is 0 Å². The van der Waals surface area contributed by atoms with E-state index in [0.29, 0.717) is 23.5 Å². The lowest BCUT2D eigenvalue weighted by Crippen LogP contribution is -2.49. The van der Waals surface area contributed by atoms with Crippen molar-refractivity contribution in [1.82, 2.24) is 4.90 Å². The minimum Gasteiger partial charge on any atom is -0.456 e. The fourth-order valence-electron chi connectivity index (χ4n) is 4.02. The number of thiophene rings is 1. The number of carbonyl (C=O) groups excluding carboxylic acids is 2. The Morgan fingerprint density at radius 3 is 2.72 bits per heavy atom. The first-order valence-electron chi connectivity index (χ1n) is 9.77. The van der Waals surface area contributed by atoms with E-state index in [0.717, 1.165) is 34.8 Å². The molecule has 0 bridgehead atoms. The number of furan rings is 1. The minimum atomic E-state index is -0.449. The lowest BCUT2D eigenvalue weighted by Gasteiger charge is -2.34. The number of hydrogen-bond acceptors (Lipinski definition) is 4. The van der Waals surface area contributed by atoms with Gasteiger partial charge in [0.05, 0.1) is 4.88 Å². The van der Waals surface area contributed by atoms with Gasteiger partial charge < -0.3 is 14.6 Å². The number of benzene rings is 2. The number of hydrogen-bond donors (Lipinski definition) is 1. The van der Waals surface area contributed by atoms with Crippen molar-refractivity contribution in [3.05, 3.63) is 64.9 Å². The van der Waals surface area contributed by atoms with Crippen LogP contribution in [0.25, 0.3) is 21.9 Å². The van der Waals surface area contributed by atoms with Gasteiger partial charge in [0.1, 0.15) is 17.2 Å². The zero-order valence-corrected chi connectivity index (χ0v) is 16.6. The zero-order chi connectivity index (χ0) is 19.8. The Kier molecular flexibility index (Phi) is 4.56. The summed E-state index contributed by atoms with van der Waals surface area (Å²) in [5, 5.41) is 6.89. The number of para-hydroxylation sites is 1. The third-order valence-electron chi connectivity index (χ3n) is 5.44. The van der Waals surface area contributed by atoms with Gasteiger partial charge in [0.25, 0.3) is 5.91 Å². The van der Waals surface area contributed by atoms with Crippen LogP contribution in [-0.4, -0.2) is 29.3 Å². The highest BCUT2D eigenvalue weighted by molar-refractivity contribution is 7.12. The maximum absolute atomic E-state index is 13.1. The molecule has 1 unspecified atom stereocenters. The molecule has 1 N–H and O–H groups in total. The SMILES string of the molecule is O=C(Nc1ccc2oc3ccccc3c2c1)C1CCCCN1C(=O)c1cccs1. The van der Waals surface area contributed by atoms with Crippen LogP contribution >= 0.6 is 11.3 Å². The molecule has 5 rings (SSSR count). The molecular weight excluding hydrogens is 384 g/mol. The molecule has 1 fully saturated rings. The second-order valence-corrected chi connectivity index (χ2v) is 8.23. The van der Waals surface area contributed by atoms with Crippen molar-refractivity contribution in [3.8, 4) is 0 Å². The Labute approximate surface area is 171 Å². The maximum Gasteiger partial charge on any atom is 0.264 e. The largest absolute Gasteiger partial charge is 0.456 e. The Morgan fingerprint density at radius 2 is 1.86 bits per heavy atom. The molecule has 1 saturated heterocycles. The number of nitrogens with one attached hydrogen (secondary N) is 1. The summed E-state index contributed by atoms with van der Waals surface area (Å²) < 4.78 is 5.85. The first kappa shape index (κ1) is 17.9. The number of carbonyl (C=O) groups is 2. The Morgan fingerprint density at radius 1 is 1.00 bits per heavy atom. The molecule has 29 heavy (non-hydrogen) atoms. The van der Waals surface area contributed by atoms with Crippen molar-refractivity contribution in [2.45, 2.75) is 25.3 Å². The fourth-order valence-corrected chi connectivity index (χ4v) is 4.70. The number of amides is 2.